The van der Waals surface area contributed by atoms with Gasteiger partial charge in [-0.15, -0.1) is 0 Å². The number of nitrogens with zero attached hydrogens (tertiary/aromatic N) is 2. The molecule has 15 nitrogen and oxygen atoms in total. The van der Waals surface area contributed by atoms with Crippen LogP contribution in [0.25, 0.3) is 12.2 Å². The quantitative estimate of drug-likeness (QED) is 0.00861. The molecule has 0 radical (unpaired) electrons. The third-order valence-electron chi connectivity index (χ3n) is 8.93. The Bertz CT molecular complexity index is 2330. The zero-order valence-corrected chi connectivity index (χ0v) is 35.6. The number of nitro groups is 1. The van der Waals surface area contributed by atoms with Crippen molar-refractivity contribution in [3.63, 3.8) is 0 Å². The molecule has 61 heavy (non-hydrogen) atoms. The van der Waals surface area contributed by atoms with Crippen LogP contribution in [0.15, 0.2) is 84.9 Å². The number of rotatable bonds is 20. The Labute approximate surface area is 354 Å². The van der Waals surface area contributed by atoms with Crippen molar-refractivity contribution in [2.45, 2.75) is 39.9 Å². The van der Waals surface area contributed by atoms with Crippen molar-refractivity contribution in [3.8, 4) is 34.5 Å². The van der Waals surface area contributed by atoms with Crippen LogP contribution in [-0.2, 0) is 0 Å². The Morgan fingerprint density at radius 2 is 1.44 bits per heavy atom. The van der Waals surface area contributed by atoms with E-state index in [9.17, 15) is 14.9 Å². The number of nitrogens with one attached hydrogen (secondary N) is 3. The van der Waals surface area contributed by atoms with E-state index in [0.29, 0.717) is 39.9 Å². The summed E-state index contributed by atoms with van der Waals surface area (Å²) in [5.41, 5.74) is 9.34. The van der Waals surface area contributed by atoms with Crippen molar-refractivity contribution >= 4 is 52.2 Å². The summed E-state index contributed by atoms with van der Waals surface area (Å²) in [7, 11) is 8.32. The number of hydrogen-bond donors (Lipinski definition) is 4. The molecule has 0 bridgehead atoms. The molecule has 5 aromatic carbocycles. The van der Waals surface area contributed by atoms with Crippen LogP contribution in [-0.4, -0.2) is 65.2 Å². The molecular weight excluding hydrogens is 788 g/mol. The lowest BCUT2D eigenvalue weighted by Gasteiger charge is -2.19. The number of carbonyl (C=O) groups is 1. The lowest BCUT2D eigenvalue weighted by atomic mass is 10.1. The summed E-state index contributed by atoms with van der Waals surface area (Å²) in [5.74, 6) is 0.890. The molecular formula is C45H52FN6O9+. The summed E-state index contributed by atoms with van der Waals surface area (Å²) >= 11 is 0. The highest BCUT2D eigenvalue weighted by Gasteiger charge is 2.21. The monoisotopic (exact) mass is 839 g/mol. The van der Waals surface area contributed by atoms with Gasteiger partial charge in [0.05, 0.1) is 50.7 Å². The van der Waals surface area contributed by atoms with E-state index in [2.05, 4.69) is 16.1 Å². The van der Waals surface area contributed by atoms with Crippen molar-refractivity contribution in [2.24, 2.45) is 0 Å². The number of methoxy groups -OCH3 is 3. The van der Waals surface area contributed by atoms with Gasteiger partial charge in [0.2, 0.25) is 0 Å². The average Bonchev–Trinajstić information content (AvgIpc) is 3.22. The van der Waals surface area contributed by atoms with Gasteiger partial charge in [-0.2, -0.15) is 0 Å². The van der Waals surface area contributed by atoms with Gasteiger partial charge in [0, 0.05) is 74.0 Å². The van der Waals surface area contributed by atoms with Gasteiger partial charge in [-0.25, -0.2) is 20.0 Å². The number of quaternary nitrogens is 1. The van der Waals surface area contributed by atoms with Crippen LogP contribution < -0.4 is 54.8 Å². The Kier molecular flexibility index (Phi) is 15.2. The molecule has 0 spiro atoms. The molecule has 5 N–H and O–H groups in total. The van der Waals surface area contributed by atoms with E-state index >= 15 is 4.39 Å². The van der Waals surface area contributed by atoms with Crippen molar-refractivity contribution in [1.82, 2.24) is 0 Å². The maximum absolute atomic E-state index is 15.6. The molecule has 0 aromatic heterocycles. The first-order valence-electron chi connectivity index (χ1n) is 19.3. The van der Waals surface area contributed by atoms with Crippen LogP contribution in [0.3, 0.4) is 0 Å². The van der Waals surface area contributed by atoms with Gasteiger partial charge in [0.25, 0.3) is 5.69 Å². The summed E-state index contributed by atoms with van der Waals surface area (Å²) in [5, 5.41) is 17.3. The van der Waals surface area contributed by atoms with E-state index < -0.39 is 16.7 Å². The molecule has 0 aliphatic heterocycles. The summed E-state index contributed by atoms with van der Waals surface area (Å²) < 4.78 is 50.2. The first-order chi connectivity index (χ1) is 29.2. The highest BCUT2D eigenvalue weighted by Crippen LogP contribution is 2.37. The first kappa shape index (κ1) is 44.9. The normalized spacial score (nSPS) is 11.0. The lowest BCUT2D eigenvalue weighted by molar-refractivity contribution is -0.538. The van der Waals surface area contributed by atoms with Crippen LogP contribution in [0.5, 0.6) is 34.5 Å². The molecule has 16 heteroatoms. The second kappa shape index (κ2) is 20.7. The predicted octanol–water partition coefficient (Wildman–Crippen LogP) is 8.49. The van der Waals surface area contributed by atoms with Crippen LogP contribution >= 0.6 is 0 Å². The molecule has 5 rings (SSSR count). The number of nitrogens with two attached hydrogens (primary N) is 1. The molecule has 322 valence electrons. The van der Waals surface area contributed by atoms with Gasteiger partial charge in [-0.1, -0.05) is 6.08 Å². The SMILES string of the molecule is COc1cc(OC(=O)c2ccc(NCNc3c(F)cc([NH2+]Nc4ccc(N(C)C)cc4OC(C)C)cc3OC)cc2OC(C)C)cc(OC)c1/C=C/c1ccc([N+](=O)[O-])cc1. The first-order valence-corrected chi connectivity index (χ1v) is 19.3. The van der Waals surface area contributed by atoms with Crippen molar-refractivity contribution < 1.29 is 48.0 Å². The largest absolute Gasteiger partial charge is 0.496 e. The van der Waals surface area contributed by atoms with Gasteiger partial charge >= 0.3 is 5.97 Å². The lowest BCUT2D eigenvalue weighted by Crippen LogP contribution is -2.82. The summed E-state index contributed by atoms with van der Waals surface area (Å²) in [6.45, 7) is 7.67. The molecule has 0 unspecified atom stereocenters. The van der Waals surface area contributed by atoms with E-state index in [-0.39, 0.29) is 47.3 Å². The van der Waals surface area contributed by atoms with Gasteiger partial charge in [0.1, 0.15) is 45.7 Å². The Morgan fingerprint density at radius 3 is 2.05 bits per heavy atom. The topological polar surface area (TPSA) is 172 Å². The number of carbonyl (C=O) groups excluding carboxylic acids is 1. The average molecular weight is 840 g/mol. The standard InChI is InChI=1S/C45H51FN6O9/c1-27(2)59-41-21-30(47-26-48-44-37(46)20-31(22-43(44)58-9)49-50-38-19-16-33(51(5)6)23-42(38)60-28(3)4)13-18-36(41)45(53)61-34-24-39(56-7)35(40(25-34)57-8)17-12-29-10-14-32(15-11-29)52(54)55/h10-25,27-28,47-50H,26H2,1-9H3/p+1/b17-12+. The maximum Gasteiger partial charge on any atom is 0.347 e. The van der Waals surface area contributed by atoms with E-state index in [1.165, 1.54) is 39.5 Å². The number of benzene rings is 5. The smallest absolute Gasteiger partial charge is 0.347 e. The molecule has 0 fully saturated rings. The minimum atomic E-state index is -0.689. The molecule has 0 saturated heterocycles. The van der Waals surface area contributed by atoms with Crippen molar-refractivity contribution in [3.05, 3.63) is 118 Å². The van der Waals surface area contributed by atoms with Crippen LogP contribution in [0.1, 0.15) is 49.2 Å². The second-order valence-corrected chi connectivity index (χ2v) is 14.3. The third-order valence-corrected chi connectivity index (χ3v) is 8.93. The second-order valence-electron chi connectivity index (χ2n) is 14.3. The predicted molar refractivity (Wildman–Crippen MR) is 236 cm³/mol. The Morgan fingerprint density at radius 1 is 0.787 bits per heavy atom. The highest BCUT2D eigenvalue weighted by molar-refractivity contribution is 5.95. The fourth-order valence-electron chi connectivity index (χ4n) is 6.01. The zero-order chi connectivity index (χ0) is 44.2. The maximum atomic E-state index is 15.6. The fraction of sp³-hybridized carbons (Fsp3) is 0.267. The number of non-ortho nitro benzene ring substituents is 1. The Hall–Kier alpha value is -7.20. The number of esters is 1. The van der Waals surface area contributed by atoms with Crippen LogP contribution in [0.2, 0.25) is 0 Å². The molecule has 0 amide bonds. The number of nitrogen functional groups attached to an aromatic ring is 1. The summed E-state index contributed by atoms with van der Waals surface area (Å²) in [6, 6.07) is 23.0. The van der Waals surface area contributed by atoms with E-state index in [0.717, 1.165) is 16.9 Å². The molecule has 0 atom stereocenters. The molecule has 0 aliphatic carbocycles. The van der Waals surface area contributed by atoms with Gasteiger partial charge in [-0.3, -0.25) is 10.1 Å². The number of halogens is 1. The highest BCUT2D eigenvalue weighted by atomic mass is 19.1. The van der Waals surface area contributed by atoms with Crippen LogP contribution in [0, 0.1) is 15.9 Å². The molecule has 0 heterocycles. The minimum Gasteiger partial charge on any atom is -0.496 e. The zero-order valence-electron chi connectivity index (χ0n) is 35.6. The van der Waals surface area contributed by atoms with Crippen LogP contribution in [0.4, 0.5) is 38.5 Å². The van der Waals surface area contributed by atoms with Gasteiger partial charge in [0.15, 0.2) is 17.3 Å². The number of nitro benzene ring substituents is 1. The number of ether oxygens (including phenoxy) is 6. The van der Waals surface area contributed by atoms with Gasteiger partial charge in [-0.05, 0) is 75.7 Å². The third kappa shape index (κ3) is 11.9. The van der Waals surface area contributed by atoms with Crippen molar-refractivity contribution in [2.75, 3.05) is 63.1 Å². The molecule has 5 aromatic rings. The number of hydrogen-bond acceptors (Lipinski definition) is 13. The molecule has 0 aliphatic rings. The Balaban J connectivity index is 1.27. The van der Waals surface area contributed by atoms with E-state index in [1.54, 1.807) is 66.1 Å². The van der Waals surface area contributed by atoms with Crippen molar-refractivity contribution in [1.29, 1.82) is 0 Å². The van der Waals surface area contributed by atoms with E-state index in [1.807, 2.05) is 64.9 Å². The minimum absolute atomic E-state index is 0.0164. The number of anilines is 4. The fourth-order valence-corrected chi connectivity index (χ4v) is 6.01. The van der Waals surface area contributed by atoms with E-state index in [4.69, 9.17) is 28.4 Å². The van der Waals surface area contributed by atoms with Gasteiger partial charge < -0.3 is 44.0 Å². The summed E-state index contributed by atoms with van der Waals surface area (Å²) in [4.78, 5) is 26.2. The summed E-state index contributed by atoms with van der Waals surface area (Å²) in [6.07, 6.45) is 3.17. The molecule has 0 saturated carbocycles.